The van der Waals surface area contributed by atoms with Crippen LogP contribution in [0.5, 0.6) is 0 Å². The van der Waals surface area contributed by atoms with Gasteiger partial charge in [-0.2, -0.15) is 0 Å². The normalized spacial score (nSPS) is 15.4. The molecule has 5 rings (SSSR count). The van der Waals surface area contributed by atoms with E-state index in [0.717, 1.165) is 45.8 Å². The first-order chi connectivity index (χ1) is 13.9. The topological polar surface area (TPSA) is 17.4 Å². The van der Waals surface area contributed by atoms with E-state index < -0.39 is 0 Å². The lowest BCUT2D eigenvalue weighted by atomic mass is 9.98. The van der Waals surface area contributed by atoms with Crippen molar-refractivity contribution in [2.45, 2.75) is 13.0 Å². The highest BCUT2D eigenvalue weighted by atomic mass is 16.5. The molecular weight excluding hydrogens is 344 g/mol. The molecule has 0 amide bonds. The quantitative estimate of drug-likeness (QED) is 0.506. The van der Waals surface area contributed by atoms with Crippen molar-refractivity contribution in [1.82, 2.24) is 9.47 Å². The summed E-state index contributed by atoms with van der Waals surface area (Å²) in [5.41, 5.74) is 4.15. The molecule has 0 bridgehead atoms. The van der Waals surface area contributed by atoms with Gasteiger partial charge < -0.3 is 9.30 Å². The molecule has 0 aliphatic carbocycles. The zero-order chi connectivity index (χ0) is 18.8. The molecule has 0 unspecified atom stereocenters. The van der Waals surface area contributed by atoms with Crippen molar-refractivity contribution < 1.29 is 4.74 Å². The van der Waals surface area contributed by atoms with Crippen LogP contribution in [0.1, 0.15) is 11.1 Å². The minimum absolute atomic E-state index is 0.860. The number of morpholine rings is 1. The molecule has 0 spiro atoms. The van der Waals surface area contributed by atoms with Gasteiger partial charge in [0.25, 0.3) is 0 Å². The van der Waals surface area contributed by atoms with Crippen LogP contribution in [0.15, 0.2) is 72.9 Å². The minimum atomic E-state index is 0.860. The van der Waals surface area contributed by atoms with E-state index in [4.69, 9.17) is 4.74 Å². The lowest BCUT2D eigenvalue weighted by Crippen LogP contribution is -2.38. The molecule has 3 heteroatoms. The van der Waals surface area contributed by atoms with Crippen LogP contribution in [0, 0.1) is 0 Å². The van der Waals surface area contributed by atoms with Crippen LogP contribution in [-0.4, -0.2) is 42.3 Å². The highest BCUT2D eigenvalue weighted by Gasteiger charge is 2.13. The van der Waals surface area contributed by atoms with Crippen molar-refractivity contribution >= 4 is 21.7 Å². The summed E-state index contributed by atoms with van der Waals surface area (Å²) in [5, 5.41) is 4.05. The van der Waals surface area contributed by atoms with E-state index in [2.05, 4.69) is 82.4 Å². The van der Waals surface area contributed by atoms with Gasteiger partial charge in [0.2, 0.25) is 0 Å². The summed E-state index contributed by atoms with van der Waals surface area (Å²) in [6.07, 6.45) is 3.33. The van der Waals surface area contributed by atoms with Gasteiger partial charge in [-0.25, -0.2) is 0 Å². The molecule has 0 radical (unpaired) electrons. The number of rotatable bonds is 5. The average Bonchev–Trinajstić information content (AvgIpc) is 3.11. The fraction of sp³-hybridized carbons (Fsp3) is 0.280. The molecule has 1 aliphatic heterocycles. The van der Waals surface area contributed by atoms with Gasteiger partial charge in [0.1, 0.15) is 0 Å². The predicted octanol–water partition coefficient (Wildman–Crippen LogP) is 4.72. The van der Waals surface area contributed by atoms with E-state index in [1.165, 1.54) is 32.8 Å². The minimum Gasteiger partial charge on any atom is -0.379 e. The maximum atomic E-state index is 5.48. The summed E-state index contributed by atoms with van der Waals surface area (Å²) in [6, 6.07) is 24.1. The molecule has 0 atom stereocenters. The molecule has 0 N–H and O–H groups in total. The van der Waals surface area contributed by atoms with E-state index >= 15 is 0 Å². The summed E-state index contributed by atoms with van der Waals surface area (Å²) in [7, 11) is 0. The lowest BCUT2D eigenvalue weighted by Gasteiger charge is -2.26. The van der Waals surface area contributed by atoms with Gasteiger partial charge in [-0.1, -0.05) is 60.7 Å². The first kappa shape index (κ1) is 17.5. The molecule has 1 saturated heterocycles. The second-order valence-corrected chi connectivity index (χ2v) is 7.63. The Balaban J connectivity index is 1.46. The second kappa shape index (κ2) is 7.78. The van der Waals surface area contributed by atoms with Crippen molar-refractivity contribution in [3.8, 4) is 0 Å². The maximum absolute atomic E-state index is 5.48. The number of hydrogen-bond donors (Lipinski definition) is 0. The first-order valence-corrected chi connectivity index (χ1v) is 10.2. The third-order valence-corrected chi connectivity index (χ3v) is 5.89. The van der Waals surface area contributed by atoms with Gasteiger partial charge in [0, 0.05) is 49.7 Å². The van der Waals surface area contributed by atoms with E-state index in [0.29, 0.717) is 0 Å². The molecule has 28 heavy (non-hydrogen) atoms. The van der Waals surface area contributed by atoms with Crippen LogP contribution in [-0.2, 0) is 17.7 Å². The zero-order valence-corrected chi connectivity index (χ0v) is 16.2. The van der Waals surface area contributed by atoms with Gasteiger partial charge in [-0.05, 0) is 28.0 Å². The van der Waals surface area contributed by atoms with Crippen molar-refractivity contribution in [2.75, 3.05) is 32.8 Å². The lowest BCUT2D eigenvalue weighted by molar-refractivity contribution is 0.0365. The number of fused-ring (bicyclic) bond motifs is 2. The molecule has 3 nitrogen and oxygen atoms in total. The summed E-state index contributed by atoms with van der Waals surface area (Å²) in [4.78, 5) is 2.50. The fourth-order valence-corrected chi connectivity index (χ4v) is 4.37. The Hall–Kier alpha value is -2.62. The zero-order valence-electron chi connectivity index (χ0n) is 16.2. The summed E-state index contributed by atoms with van der Waals surface area (Å²) >= 11 is 0. The second-order valence-electron chi connectivity index (χ2n) is 7.63. The summed E-state index contributed by atoms with van der Waals surface area (Å²) in [5.74, 6) is 0. The van der Waals surface area contributed by atoms with Gasteiger partial charge in [0.05, 0.1) is 13.2 Å². The van der Waals surface area contributed by atoms with Crippen molar-refractivity contribution in [3.63, 3.8) is 0 Å². The third-order valence-electron chi connectivity index (χ3n) is 5.89. The van der Waals surface area contributed by atoms with Crippen molar-refractivity contribution in [2.24, 2.45) is 0 Å². The highest BCUT2D eigenvalue weighted by molar-refractivity contribution is 5.88. The SMILES string of the molecule is c1ccc2c(Cc3cn(CCN4CCOCC4)c4ccccc34)cccc2c1. The van der Waals surface area contributed by atoms with Crippen LogP contribution < -0.4 is 0 Å². The number of benzene rings is 3. The summed E-state index contributed by atoms with van der Waals surface area (Å²) < 4.78 is 7.91. The number of para-hydroxylation sites is 1. The largest absolute Gasteiger partial charge is 0.379 e. The third kappa shape index (κ3) is 3.44. The molecule has 1 fully saturated rings. The molecule has 1 aliphatic rings. The molecule has 1 aromatic heterocycles. The smallest absolute Gasteiger partial charge is 0.0594 e. The molecule has 4 aromatic rings. The van der Waals surface area contributed by atoms with Gasteiger partial charge in [-0.3, -0.25) is 4.90 Å². The monoisotopic (exact) mass is 370 g/mol. The maximum Gasteiger partial charge on any atom is 0.0594 e. The summed E-state index contributed by atoms with van der Waals surface area (Å²) in [6.45, 7) is 5.91. The highest BCUT2D eigenvalue weighted by Crippen LogP contribution is 2.27. The van der Waals surface area contributed by atoms with E-state index in [1.807, 2.05) is 0 Å². The molecule has 2 heterocycles. The number of aromatic nitrogens is 1. The molecule has 0 saturated carbocycles. The Morgan fingerprint density at radius 3 is 2.36 bits per heavy atom. The standard InChI is InChI=1S/C25H26N2O/c1-2-9-23-20(6-1)7-5-8-21(23)18-22-19-27(25-11-4-3-10-24(22)25)13-12-26-14-16-28-17-15-26/h1-11,19H,12-18H2. The van der Waals surface area contributed by atoms with Gasteiger partial charge in [0.15, 0.2) is 0 Å². The fourth-order valence-electron chi connectivity index (χ4n) is 4.37. The van der Waals surface area contributed by atoms with Crippen LogP contribution in [0.4, 0.5) is 0 Å². The number of hydrogen-bond acceptors (Lipinski definition) is 2. The van der Waals surface area contributed by atoms with Crippen LogP contribution in [0.25, 0.3) is 21.7 Å². The van der Waals surface area contributed by atoms with E-state index in [9.17, 15) is 0 Å². The Kier molecular flexibility index (Phi) is 4.86. The van der Waals surface area contributed by atoms with Crippen molar-refractivity contribution in [3.05, 3.63) is 84.1 Å². The number of nitrogens with zero attached hydrogens (tertiary/aromatic N) is 2. The van der Waals surface area contributed by atoms with E-state index in [1.54, 1.807) is 0 Å². The first-order valence-electron chi connectivity index (χ1n) is 10.2. The molecule has 142 valence electrons. The Bertz CT molecular complexity index is 1090. The Morgan fingerprint density at radius 2 is 1.46 bits per heavy atom. The Morgan fingerprint density at radius 1 is 0.714 bits per heavy atom. The average molecular weight is 370 g/mol. The van der Waals surface area contributed by atoms with Crippen molar-refractivity contribution in [1.29, 1.82) is 0 Å². The molecular formula is C25H26N2O. The van der Waals surface area contributed by atoms with Crippen LogP contribution in [0.2, 0.25) is 0 Å². The Labute approximate surface area is 166 Å². The van der Waals surface area contributed by atoms with Crippen LogP contribution in [0.3, 0.4) is 0 Å². The van der Waals surface area contributed by atoms with Gasteiger partial charge in [-0.15, -0.1) is 0 Å². The van der Waals surface area contributed by atoms with E-state index in [-0.39, 0.29) is 0 Å². The predicted molar refractivity (Wildman–Crippen MR) is 116 cm³/mol. The molecule has 3 aromatic carbocycles. The van der Waals surface area contributed by atoms with Gasteiger partial charge >= 0.3 is 0 Å². The number of ether oxygens (including phenoxy) is 1. The van der Waals surface area contributed by atoms with Crippen LogP contribution >= 0.6 is 0 Å².